The fourth-order valence-electron chi connectivity index (χ4n) is 3.76. The van der Waals surface area contributed by atoms with E-state index < -0.39 is 0 Å². The normalized spacial score (nSPS) is 17.5. The van der Waals surface area contributed by atoms with Crippen molar-refractivity contribution in [1.29, 1.82) is 5.26 Å². The Morgan fingerprint density at radius 3 is 2.86 bits per heavy atom. The molecule has 1 fully saturated rings. The van der Waals surface area contributed by atoms with Gasteiger partial charge in [0.05, 0.1) is 23.4 Å². The van der Waals surface area contributed by atoms with Gasteiger partial charge in [-0.15, -0.1) is 0 Å². The number of aliphatic imine (C=N–C) groups is 1. The average Bonchev–Trinajstić information content (AvgIpc) is 3.09. The SMILES string of the molecule is N#Cc1cc2c(nc1SC/C([O-])=N/c1c[n+](N3CCCCC3)no1)CCCCC2. The molecule has 1 aliphatic heterocycles. The second-order valence-corrected chi connectivity index (χ2v) is 8.35. The Morgan fingerprint density at radius 2 is 2.03 bits per heavy atom. The van der Waals surface area contributed by atoms with Crippen LogP contribution in [0, 0.1) is 11.3 Å². The molecule has 2 aliphatic rings. The summed E-state index contributed by atoms with van der Waals surface area (Å²) in [6.07, 6.45) is 10.4. The highest BCUT2D eigenvalue weighted by atomic mass is 32.2. The molecule has 29 heavy (non-hydrogen) atoms. The Kier molecular flexibility index (Phi) is 6.30. The molecule has 0 amide bonds. The zero-order chi connectivity index (χ0) is 20.1. The number of thioether (sulfide) groups is 1. The highest BCUT2D eigenvalue weighted by Crippen LogP contribution is 2.27. The number of aromatic nitrogens is 3. The van der Waals surface area contributed by atoms with Gasteiger partial charge < -0.3 is 5.11 Å². The first-order valence-corrected chi connectivity index (χ1v) is 11.2. The topological polar surface area (TPSA) is 105 Å². The standard InChI is InChI=1S/C20H24N6O2S/c21-12-16-11-15-7-3-1-4-8-17(15)22-20(16)29-14-18(27)23-19-13-26(24-28-19)25-9-5-2-6-10-25/h11,13H,1-10,14H2. The van der Waals surface area contributed by atoms with Gasteiger partial charge in [0.2, 0.25) is 5.27 Å². The Morgan fingerprint density at radius 1 is 1.24 bits per heavy atom. The van der Waals surface area contributed by atoms with Crippen LogP contribution in [0.5, 0.6) is 0 Å². The van der Waals surface area contributed by atoms with Crippen LogP contribution in [0.2, 0.25) is 0 Å². The fraction of sp³-hybridized carbons (Fsp3) is 0.550. The highest BCUT2D eigenvalue weighted by molar-refractivity contribution is 7.99. The third kappa shape index (κ3) is 4.88. The summed E-state index contributed by atoms with van der Waals surface area (Å²) in [7, 11) is 0. The van der Waals surface area contributed by atoms with Crippen LogP contribution in [0.3, 0.4) is 0 Å². The van der Waals surface area contributed by atoms with Crippen molar-refractivity contribution >= 4 is 23.5 Å². The Hall–Kier alpha value is -2.60. The second kappa shape index (κ2) is 9.27. The third-order valence-electron chi connectivity index (χ3n) is 5.27. The second-order valence-electron chi connectivity index (χ2n) is 7.39. The summed E-state index contributed by atoms with van der Waals surface area (Å²) < 4.78 is 5.18. The molecule has 1 aliphatic carbocycles. The van der Waals surface area contributed by atoms with E-state index in [0.717, 1.165) is 57.3 Å². The number of piperidine rings is 1. The highest BCUT2D eigenvalue weighted by Gasteiger charge is 2.22. The first kappa shape index (κ1) is 19.7. The summed E-state index contributed by atoms with van der Waals surface area (Å²) in [5.74, 6) is -0.0422. The molecule has 0 atom stereocenters. The van der Waals surface area contributed by atoms with Crippen molar-refractivity contribution in [3.05, 3.63) is 29.1 Å². The smallest absolute Gasteiger partial charge is 0.324 e. The zero-order valence-electron chi connectivity index (χ0n) is 16.3. The van der Waals surface area contributed by atoms with E-state index in [1.165, 1.54) is 30.2 Å². The van der Waals surface area contributed by atoms with Crippen LogP contribution < -0.4 is 14.9 Å². The number of hydrogen-bond donors (Lipinski definition) is 0. The Labute approximate surface area is 174 Å². The van der Waals surface area contributed by atoms with E-state index in [9.17, 15) is 10.4 Å². The number of nitriles is 1. The summed E-state index contributed by atoms with van der Waals surface area (Å²) in [4.78, 5) is 10.3. The van der Waals surface area contributed by atoms with Gasteiger partial charge in [0.25, 0.3) is 6.20 Å². The van der Waals surface area contributed by atoms with Gasteiger partial charge in [0.1, 0.15) is 11.1 Å². The summed E-state index contributed by atoms with van der Waals surface area (Å²) >= 11 is 1.26. The number of fused-ring (bicyclic) bond motifs is 1. The lowest BCUT2D eigenvalue weighted by Gasteiger charge is -2.17. The summed E-state index contributed by atoms with van der Waals surface area (Å²) in [5.41, 5.74) is 2.76. The van der Waals surface area contributed by atoms with Crippen LogP contribution in [-0.2, 0) is 12.8 Å². The molecular weight excluding hydrogens is 388 g/mol. The molecule has 152 valence electrons. The van der Waals surface area contributed by atoms with Crippen molar-refractivity contribution in [3.8, 4) is 6.07 Å². The maximum absolute atomic E-state index is 12.3. The fourth-order valence-corrected chi connectivity index (χ4v) is 4.52. The summed E-state index contributed by atoms with van der Waals surface area (Å²) in [6, 6.07) is 4.16. The van der Waals surface area contributed by atoms with Crippen LogP contribution in [0.1, 0.15) is 55.3 Å². The van der Waals surface area contributed by atoms with E-state index in [0.29, 0.717) is 10.6 Å². The van der Waals surface area contributed by atoms with Crippen molar-refractivity contribution < 1.29 is 14.4 Å². The predicted molar refractivity (Wildman–Crippen MR) is 107 cm³/mol. The molecule has 0 bridgehead atoms. The molecule has 0 saturated carbocycles. The van der Waals surface area contributed by atoms with Gasteiger partial charge in [-0.05, 0) is 62.5 Å². The summed E-state index contributed by atoms with van der Waals surface area (Å²) in [6.45, 7) is 1.84. The van der Waals surface area contributed by atoms with Crippen molar-refractivity contribution in [1.82, 2.24) is 10.3 Å². The predicted octanol–water partition coefficient (Wildman–Crippen LogP) is 1.80. The van der Waals surface area contributed by atoms with E-state index in [1.807, 2.05) is 6.07 Å². The first-order valence-electron chi connectivity index (χ1n) is 10.2. The molecule has 0 spiro atoms. The molecule has 4 rings (SSSR count). The molecular formula is C20H24N6O2S. The lowest BCUT2D eigenvalue weighted by molar-refractivity contribution is -0.759. The van der Waals surface area contributed by atoms with Gasteiger partial charge in [0, 0.05) is 11.4 Å². The Balaban J connectivity index is 1.43. The van der Waals surface area contributed by atoms with Gasteiger partial charge in [-0.2, -0.15) is 10.3 Å². The zero-order valence-corrected chi connectivity index (χ0v) is 17.2. The molecule has 2 aromatic heterocycles. The molecule has 8 nitrogen and oxygen atoms in total. The maximum atomic E-state index is 12.3. The number of nitrogens with zero attached hydrogens (tertiary/aromatic N) is 6. The minimum atomic E-state index is -0.336. The monoisotopic (exact) mass is 412 g/mol. The van der Waals surface area contributed by atoms with Crippen LogP contribution >= 0.6 is 11.8 Å². The van der Waals surface area contributed by atoms with Crippen LogP contribution in [0.15, 0.2) is 26.8 Å². The minimum absolute atomic E-state index is 0.102. The van der Waals surface area contributed by atoms with Crippen LogP contribution in [0.25, 0.3) is 0 Å². The van der Waals surface area contributed by atoms with Crippen molar-refractivity contribution in [2.24, 2.45) is 4.99 Å². The van der Waals surface area contributed by atoms with Gasteiger partial charge in [-0.3, -0.25) is 4.52 Å². The largest absolute Gasteiger partial charge is 0.861 e. The number of pyridine rings is 1. The molecule has 3 heterocycles. The van der Waals surface area contributed by atoms with Crippen molar-refractivity contribution in [2.75, 3.05) is 23.9 Å². The quantitative estimate of drug-likeness (QED) is 0.242. The van der Waals surface area contributed by atoms with Gasteiger partial charge in [0.15, 0.2) is 0 Å². The van der Waals surface area contributed by atoms with E-state index >= 15 is 0 Å². The average molecular weight is 413 g/mol. The van der Waals surface area contributed by atoms with E-state index in [1.54, 1.807) is 11.0 Å². The van der Waals surface area contributed by atoms with E-state index in [-0.39, 0.29) is 17.5 Å². The number of hydrogen-bond acceptors (Lipinski definition) is 8. The maximum Gasteiger partial charge on any atom is 0.324 e. The van der Waals surface area contributed by atoms with E-state index in [2.05, 4.69) is 26.3 Å². The Bertz CT molecular complexity index is 930. The molecule has 0 unspecified atom stereocenters. The van der Waals surface area contributed by atoms with Gasteiger partial charge in [-0.25, -0.2) is 9.98 Å². The lowest BCUT2D eigenvalue weighted by Crippen LogP contribution is -2.60. The minimum Gasteiger partial charge on any atom is -0.861 e. The van der Waals surface area contributed by atoms with Crippen molar-refractivity contribution in [3.63, 3.8) is 0 Å². The van der Waals surface area contributed by atoms with E-state index in [4.69, 9.17) is 4.52 Å². The van der Waals surface area contributed by atoms with Crippen LogP contribution in [-0.4, -0.2) is 35.0 Å². The molecule has 9 heteroatoms. The molecule has 1 saturated heterocycles. The van der Waals surface area contributed by atoms with Crippen LogP contribution in [0.4, 0.5) is 5.88 Å². The number of aryl methyl sites for hydroxylation is 2. The molecule has 0 aromatic carbocycles. The first-order chi connectivity index (χ1) is 14.2. The third-order valence-corrected chi connectivity index (χ3v) is 6.25. The van der Waals surface area contributed by atoms with Gasteiger partial charge >= 0.3 is 5.88 Å². The van der Waals surface area contributed by atoms with Crippen molar-refractivity contribution in [2.45, 2.75) is 56.4 Å². The van der Waals surface area contributed by atoms with Gasteiger partial charge in [-0.1, -0.05) is 18.2 Å². The number of rotatable bonds is 5. The lowest BCUT2D eigenvalue weighted by atomic mass is 10.1. The molecule has 2 aromatic rings. The summed E-state index contributed by atoms with van der Waals surface area (Å²) in [5, 5.41) is 28.4. The molecule has 0 radical (unpaired) electrons. The molecule has 0 N–H and O–H groups in total.